The van der Waals surface area contributed by atoms with Gasteiger partial charge in [0.1, 0.15) is 5.75 Å². The molecule has 1 heterocycles. The number of nitrogens with one attached hydrogen (secondary N) is 1. The molecule has 0 fully saturated rings. The zero-order chi connectivity index (χ0) is 18.7. The molecule has 0 atom stereocenters. The van der Waals surface area contributed by atoms with Gasteiger partial charge in [-0.1, -0.05) is 0 Å². The highest BCUT2D eigenvalue weighted by atomic mass is 32.2. The zero-order valence-corrected chi connectivity index (χ0v) is 15.6. The SMILES string of the molecule is COc1ccc(C(=O)Nc2nc(-c3ccc(S(C)(=O)=O)cc3)ns2)cc1. The fourth-order valence-electron chi connectivity index (χ4n) is 2.15. The minimum atomic E-state index is -3.25. The Bertz CT molecular complexity index is 1030. The third-order valence-electron chi connectivity index (χ3n) is 3.54. The van der Waals surface area contributed by atoms with Crippen molar-refractivity contribution in [2.75, 3.05) is 18.7 Å². The average molecular weight is 389 g/mol. The van der Waals surface area contributed by atoms with Gasteiger partial charge in [-0.2, -0.15) is 9.36 Å². The summed E-state index contributed by atoms with van der Waals surface area (Å²) in [6, 6.07) is 13.0. The molecule has 0 aliphatic rings. The molecule has 9 heteroatoms. The molecule has 1 amide bonds. The second kappa shape index (κ2) is 7.22. The first kappa shape index (κ1) is 18.0. The minimum Gasteiger partial charge on any atom is -0.497 e. The predicted molar refractivity (Wildman–Crippen MR) is 99.4 cm³/mol. The van der Waals surface area contributed by atoms with Crippen molar-refractivity contribution in [3.05, 3.63) is 54.1 Å². The normalized spacial score (nSPS) is 11.2. The van der Waals surface area contributed by atoms with E-state index in [2.05, 4.69) is 14.7 Å². The number of hydrogen-bond acceptors (Lipinski definition) is 7. The molecule has 0 aliphatic carbocycles. The number of carbonyl (C=O) groups is 1. The Morgan fingerprint density at radius 3 is 2.31 bits per heavy atom. The molecule has 26 heavy (non-hydrogen) atoms. The van der Waals surface area contributed by atoms with Gasteiger partial charge >= 0.3 is 0 Å². The van der Waals surface area contributed by atoms with Crippen LogP contribution in [-0.4, -0.2) is 37.0 Å². The lowest BCUT2D eigenvalue weighted by molar-refractivity contribution is 0.102. The van der Waals surface area contributed by atoms with Crippen LogP contribution in [0.5, 0.6) is 5.75 Å². The number of nitrogens with zero attached hydrogens (tertiary/aromatic N) is 2. The summed E-state index contributed by atoms with van der Waals surface area (Å²) < 4.78 is 32.3. The van der Waals surface area contributed by atoms with Crippen molar-refractivity contribution in [2.24, 2.45) is 0 Å². The van der Waals surface area contributed by atoms with Crippen molar-refractivity contribution < 1.29 is 17.9 Å². The first-order valence-electron chi connectivity index (χ1n) is 7.46. The van der Waals surface area contributed by atoms with Gasteiger partial charge in [-0.3, -0.25) is 10.1 Å². The van der Waals surface area contributed by atoms with Gasteiger partial charge in [0.2, 0.25) is 5.13 Å². The fourth-order valence-corrected chi connectivity index (χ4v) is 3.37. The van der Waals surface area contributed by atoms with E-state index in [-0.39, 0.29) is 10.8 Å². The second-order valence-electron chi connectivity index (χ2n) is 5.40. The first-order valence-corrected chi connectivity index (χ1v) is 10.1. The number of ether oxygens (including phenoxy) is 1. The van der Waals surface area contributed by atoms with E-state index in [1.165, 1.54) is 12.1 Å². The smallest absolute Gasteiger partial charge is 0.257 e. The lowest BCUT2D eigenvalue weighted by Gasteiger charge is -2.03. The Labute approximate surface area is 154 Å². The summed E-state index contributed by atoms with van der Waals surface area (Å²) in [6.45, 7) is 0. The minimum absolute atomic E-state index is 0.226. The third-order valence-corrected chi connectivity index (χ3v) is 5.30. The van der Waals surface area contributed by atoms with Gasteiger partial charge in [-0.05, 0) is 48.5 Å². The van der Waals surface area contributed by atoms with Gasteiger partial charge in [-0.25, -0.2) is 8.42 Å². The maximum absolute atomic E-state index is 12.2. The highest BCUT2D eigenvalue weighted by molar-refractivity contribution is 7.90. The van der Waals surface area contributed by atoms with E-state index in [1.54, 1.807) is 43.5 Å². The van der Waals surface area contributed by atoms with Crippen LogP contribution in [0.4, 0.5) is 5.13 Å². The van der Waals surface area contributed by atoms with E-state index in [4.69, 9.17) is 4.74 Å². The fraction of sp³-hybridized carbons (Fsp3) is 0.118. The van der Waals surface area contributed by atoms with Crippen LogP contribution >= 0.6 is 11.5 Å². The summed E-state index contributed by atoms with van der Waals surface area (Å²) in [7, 11) is -1.70. The van der Waals surface area contributed by atoms with E-state index in [1.807, 2.05) is 0 Å². The average Bonchev–Trinajstić information content (AvgIpc) is 3.09. The van der Waals surface area contributed by atoms with E-state index in [0.717, 1.165) is 17.8 Å². The summed E-state index contributed by atoms with van der Waals surface area (Å²) in [5, 5.41) is 3.05. The van der Waals surface area contributed by atoms with Crippen LogP contribution in [0.25, 0.3) is 11.4 Å². The van der Waals surface area contributed by atoms with Crippen LogP contribution in [0.3, 0.4) is 0 Å². The van der Waals surface area contributed by atoms with Crippen molar-refractivity contribution in [3.63, 3.8) is 0 Å². The van der Waals surface area contributed by atoms with Crippen LogP contribution in [0, 0.1) is 0 Å². The van der Waals surface area contributed by atoms with Crippen LogP contribution in [-0.2, 0) is 9.84 Å². The van der Waals surface area contributed by atoms with Gasteiger partial charge in [0.15, 0.2) is 15.7 Å². The van der Waals surface area contributed by atoms with Crippen molar-refractivity contribution in [3.8, 4) is 17.1 Å². The molecule has 1 aromatic heterocycles. The maximum atomic E-state index is 12.2. The topological polar surface area (TPSA) is 98.2 Å². The molecule has 0 bridgehead atoms. The molecule has 7 nitrogen and oxygen atoms in total. The zero-order valence-electron chi connectivity index (χ0n) is 14.0. The molecule has 0 spiro atoms. The third kappa shape index (κ3) is 4.06. The van der Waals surface area contributed by atoms with Crippen molar-refractivity contribution in [1.29, 1.82) is 0 Å². The molecule has 134 valence electrons. The van der Waals surface area contributed by atoms with E-state index >= 15 is 0 Å². The van der Waals surface area contributed by atoms with Crippen molar-refractivity contribution in [2.45, 2.75) is 4.90 Å². The number of anilines is 1. The number of benzene rings is 2. The quantitative estimate of drug-likeness (QED) is 0.720. The summed E-state index contributed by atoms with van der Waals surface area (Å²) in [5.41, 5.74) is 1.14. The molecule has 0 radical (unpaired) electrons. The number of methoxy groups -OCH3 is 1. The molecular formula is C17H15N3O4S2. The van der Waals surface area contributed by atoms with E-state index in [9.17, 15) is 13.2 Å². The molecule has 3 aromatic rings. The number of hydrogen-bond donors (Lipinski definition) is 1. The Kier molecular flexibility index (Phi) is 5.01. The number of carbonyl (C=O) groups excluding carboxylic acids is 1. The highest BCUT2D eigenvalue weighted by Crippen LogP contribution is 2.23. The number of aromatic nitrogens is 2. The summed E-state index contributed by atoms with van der Waals surface area (Å²) >= 11 is 1.05. The maximum Gasteiger partial charge on any atom is 0.257 e. The molecule has 0 unspecified atom stereocenters. The van der Waals surface area contributed by atoms with Crippen LogP contribution in [0.1, 0.15) is 10.4 Å². The Balaban J connectivity index is 1.74. The molecule has 0 saturated heterocycles. The van der Waals surface area contributed by atoms with Crippen LogP contribution < -0.4 is 10.1 Å². The standard InChI is InChI=1S/C17H15N3O4S2/c1-24-13-7-3-12(4-8-13)16(21)19-17-18-15(20-25-17)11-5-9-14(10-6-11)26(2,22)23/h3-10H,1-2H3,(H,18,19,20,21). The largest absolute Gasteiger partial charge is 0.497 e. The monoisotopic (exact) mass is 389 g/mol. The molecular weight excluding hydrogens is 374 g/mol. The number of amides is 1. The Hall–Kier alpha value is -2.78. The lowest BCUT2D eigenvalue weighted by atomic mass is 10.2. The van der Waals surface area contributed by atoms with Gasteiger partial charge < -0.3 is 4.74 Å². The van der Waals surface area contributed by atoms with E-state index in [0.29, 0.717) is 27.8 Å². The molecule has 0 saturated carbocycles. The molecule has 3 rings (SSSR count). The Morgan fingerprint density at radius 1 is 1.08 bits per heavy atom. The highest BCUT2D eigenvalue weighted by Gasteiger charge is 2.13. The van der Waals surface area contributed by atoms with Crippen LogP contribution in [0.15, 0.2) is 53.4 Å². The number of rotatable bonds is 5. The Morgan fingerprint density at radius 2 is 1.73 bits per heavy atom. The van der Waals surface area contributed by atoms with Gasteiger partial charge in [0.25, 0.3) is 5.91 Å². The van der Waals surface area contributed by atoms with Crippen molar-refractivity contribution >= 4 is 32.4 Å². The summed E-state index contributed by atoms with van der Waals surface area (Å²) in [6.07, 6.45) is 1.15. The van der Waals surface area contributed by atoms with E-state index < -0.39 is 9.84 Å². The van der Waals surface area contributed by atoms with Crippen molar-refractivity contribution in [1.82, 2.24) is 9.36 Å². The van der Waals surface area contributed by atoms with Gasteiger partial charge in [-0.15, -0.1) is 0 Å². The lowest BCUT2D eigenvalue weighted by Crippen LogP contribution is -2.11. The summed E-state index contributed by atoms with van der Waals surface area (Å²) in [5.74, 6) is 0.778. The number of sulfone groups is 1. The molecule has 1 N–H and O–H groups in total. The van der Waals surface area contributed by atoms with Crippen LogP contribution in [0.2, 0.25) is 0 Å². The van der Waals surface area contributed by atoms with Gasteiger partial charge in [0.05, 0.1) is 12.0 Å². The second-order valence-corrected chi connectivity index (χ2v) is 8.17. The summed E-state index contributed by atoms with van der Waals surface area (Å²) in [4.78, 5) is 16.7. The first-order chi connectivity index (χ1) is 12.4. The predicted octanol–water partition coefficient (Wildman–Crippen LogP) is 2.87. The van der Waals surface area contributed by atoms with Gasteiger partial charge in [0, 0.05) is 28.9 Å². The molecule has 2 aromatic carbocycles. The molecule has 0 aliphatic heterocycles.